The van der Waals surface area contributed by atoms with Crippen molar-refractivity contribution in [3.8, 4) is 22.9 Å². The maximum atomic E-state index is 15.0. The van der Waals surface area contributed by atoms with Gasteiger partial charge in [-0.2, -0.15) is 5.26 Å². The third-order valence-electron chi connectivity index (χ3n) is 6.04. The van der Waals surface area contributed by atoms with E-state index in [2.05, 4.69) is 23.6 Å². The van der Waals surface area contributed by atoms with Crippen LogP contribution in [0.5, 0.6) is 5.75 Å². The molecule has 0 aromatic heterocycles. The summed E-state index contributed by atoms with van der Waals surface area (Å²) in [6, 6.07) is 11.2. The normalized spacial score (nSPS) is 20.5. The van der Waals surface area contributed by atoms with E-state index in [-0.39, 0.29) is 18.0 Å². The van der Waals surface area contributed by atoms with Gasteiger partial charge in [-0.15, -0.1) is 0 Å². The number of nitrogens with one attached hydrogen (secondary N) is 2. The third-order valence-corrected chi connectivity index (χ3v) is 6.04. The fourth-order valence-corrected chi connectivity index (χ4v) is 4.36. The summed E-state index contributed by atoms with van der Waals surface area (Å²) in [6.45, 7) is 9.35. The highest BCUT2D eigenvalue weighted by Crippen LogP contribution is 2.46. The zero-order valence-electron chi connectivity index (χ0n) is 18.4. The number of fused-ring (bicyclic) bond motifs is 3. The van der Waals surface area contributed by atoms with Crippen LogP contribution in [-0.4, -0.2) is 38.4 Å². The number of hydrogen-bond acceptors (Lipinski definition) is 5. The second-order valence-corrected chi connectivity index (χ2v) is 8.99. The summed E-state index contributed by atoms with van der Waals surface area (Å²) >= 11 is 0. The van der Waals surface area contributed by atoms with Gasteiger partial charge in [0.25, 0.3) is 0 Å². The molecule has 0 spiro atoms. The van der Waals surface area contributed by atoms with Gasteiger partial charge in [-0.1, -0.05) is 6.07 Å². The zero-order valence-corrected chi connectivity index (χ0v) is 18.4. The maximum Gasteiger partial charge on any atom is 0.129 e. The van der Waals surface area contributed by atoms with Gasteiger partial charge in [-0.25, -0.2) is 4.39 Å². The molecule has 0 bridgehead atoms. The van der Waals surface area contributed by atoms with Crippen molar-refractivity contribution in [1.29, 1.82) is 5.26 Å². The summed E-state index contributed by atoms with van der Waals surface area (Å²) < 4.78 is 27.2. The Morgan fingerprint density at radius 2 is 2.13 bits per heavy atom. The first kappa shape index (κ1) is 21.8. The zero-order chi connectivity index (χ0) is 22.0. The second kappa shape index (κ2) is 8.96. The summed E-state index contributed by atoms with van der Waals surface area (Å²) in [5.41, 5.74) is 3.16. The van der Waals surface area contributed by atoms with E-state index in [4.69, 9.17) is 9.47 Å². The van der Waals surface area contributed by atoms with Crippen LogP contribution in [0.3, 0.4) is 0 Å². The quantitative estimate of drug-likeness (QED) is 0.764. The lowest BCUT2D eigenvalue weighted by atomic mass is 9.84. The predicted molar refractivity (Wildman–Crippen MR) is 119 cm³/mol. The van der Waals surface area contributed by atoms with Gasteiger partial charge in [0.05, 0.1) is 17.7 Å². The van der Waals surface area contributed by atoms with Crippen molar-refractivity contribution in [2.24, 2.45) is 0 Å². The summed E-state index contributed by atoms with van der Waals surface area (Å²) in [6.07, 6.45) is 1.73. The molecule has 164 valence electrons. The molecule has 2 aromatic rings. The van der Waals surface area contributed by atoms with Crippen LogP contribution in [0.15, 0.2) is 30.3 Å². The molecule has 0 saturated carbocycles. The lowest BCUT2D eigenvalue weighted by Gasteiger charge is -2.35. The summed E-state index contributed by atoms with van der Waals surface area (Å²) in [5, 5.41) is 16.1. The summed E-state index contributed by atoms with van der Waals surface area (Å²) in [5.74, 6) is 0.445. The molecule has 0 amide bonds. The van der Waals surface area contributed by atoms with Crippen molar-refractivity contribution in [2.45, 2.75) is 51.4 Å². The lowest BCUT2D eigenvalue weighted by Crippen LogP contribution is -2.40. The third kappa shape index (κ3) is 4.74. The van der Waals surface area contributed by atoms with Crippen LogP contribution >= 0.6 is 0 Å². The topological polar surface area (TPSA) is 66.3 Å². The van der Waals surface area contributed by atoms with E-state index in [0.717, 1.165) is 49.4 Å². The lowest BCUT2D eigenvalue weighted by molar-refractivity contribution is 0.0653. The molecule has 2 atom stereocenters. The Morgan fingerprint density at radius 3 is 2.94 bits per heavy atom. The molecular formula is C25H30FN3O2. The van der Waals surface area contributed by atoms with E-state index >= 15 is 4.39 Å². The Hall–Kier alpha value is -2.46. The largest absolute Gasteiger partial charge is 0.482 e. The molecule has 1 unspecified atom stereocenters. The van der Waals surface area contributed by atoms with Crippen LogP contribution in [0, 0.1) is 17.1 Å². The second-order valence-electron chi connectivity index (χ2n) is 8.99. The van der Waals surface area contributed by atoms with Gasteiger partial charge in [0.1, 0.15) is 17.2 Å². The fourth-order valence-electron chi connectivity index (χ4n) is 4.36. The highest BCUT2D eigenvalue weighted by Gasteiger charge is 2.33. The minimum absolute atomic E-state index is 0.0986. The minimum Gasteiger partial charge on any atom is -0.482 e. The molecule has 2 heterocycles. The van der Waals surface area contributed by atoms with Crippen LogP contribution in [-0.2, 0) is 16.8 Å². The molecule has 1 saturated heterocycles. The van der Waals surface area contributed by atoms with Crippen LogP contribution in [0.4, 0.5) is 4.39 Å². The first-order valence-corrected chi connectivity index (χ1v) is 11.0. The van der Waals surface area contributed by atoms with Gasteiger partial charge in [-0.3, -0.25) is 0 Å². The Labute approximate surface area is 183 Å². The van der Waals surface area contributed by atoms with Crippen LogP contribution in [0.25, 0.3) is 11.1 Å². The van der Waals surface area contributed by atoms with Crippen molar-refractivity contribution >= 4 is 0 Å². The van der Waals surface area contributed by atoms with Gasteiger partial charge in [0, 0.05) is 36.9 Å². The molecule has 2 aliphatic rings. The van der Waals surface area contributed by atoms with Crippen LogP contribution in [0.1, 0.15) is 43.9 Å². The first-order chi connectivity index (χ1) is 14.9. The van der Waals surface area contributed by atoms with Gasteiger partial charge < -0.3 is 20.1 Å². The smallest absolute Gasteiger partial charge is 0.129 e. The van der Waals surface area contributed by atoms with Crippen molar-refractivity contribution < 1.29 is 13.9 Å². The number of ether oxygens (including phenoxy) is 2. The average Bonchev–Trinajstić information content (AvgIpc) is 3.02. The summed E-state index contributed by atoms with van der Waals surface area (Å²) in [4.78, 5) is 0. The van der Waals surface area contributed by atoms with E-state index in [1.165, 1.54) is 0 Å². The van der Waals surface area contributed by atoms with Gasteiger partial charge in [-0.05, 0) is 75.5 Å². The molecular weight excluding hydrogens is 393 g/mol. The van der Waals surface area contributed by atoms with E-state index in [0.29, 0.717) is 23.3 Å². The number of benzene rings is 2. The van der Waals surface area contributed by atoms with E-state index in [9.17, 15) is 5.26 Å². The first-order valence-electron chi connectivity index (χ1n) is 11.0. The Kier molecular flexibility index (Phi) is 6.29. The van der Waals surface area contributed by atoms with Gasteiger partial charge in [0.2, 0.25) is 0 Å². The minimum atomic E-state index is -0.599. The van der Waals surface area contributed by atoms with E-state index in [1.807, 2.05) is 32.0 Å². The standard InChI is InChI=1S/C25H30FN3O2/c1-16(29-15-19-14-28-7-4-8-30-19)9-18-11-24-21(12-23(18)26)20-6-5-17(13-27)10-22(20)25(2,3)31-24/h5-6,10-12,16,19,28-29H,4,7-9,14-15H2,1-3H3/t16-,19?/m1/s1. The fraction of sp³-hybridized carbons (Fsp3) is 0.480. The number of halogens is 1. The molecule has 1 fully saturated rings. The van der Waals surface area contributed by atoms with Crippen molar-refractivity contribution in [3.63, 3.8) is 0 Å². The highest BCUT2D eigenvalue weighted by atomic mass is 19.1. The SMILES string of the molecule is C[C@H](Cc1cc2c(cc1F)-c1ccc(C#N)cc1C(C)(C)O2)NCC1CNCCCO1. The average molecular weight is 424 g/mol. The number of nitriles is 1. The number of rotatable bonds is 5. The Balaban J connectivity index is 1.52. The Morgan fingerprint density at radius 1 is 1.29 bits per heavy atom. The van der Waals surface area contributed by atoms with Crippen molar-refractivity contribution in [3.05, 3.63) is 52.8 Å². The predicted octanol–water partition coefficient (Wildman–Crippen LogP) is 3.89. The molecule has 5 nitrogen and oxygen atoms in total. The van der Waals surface area contributed by atoms with E-state index in [1.54, 1.807) is 12.1 Å². The molecule has 0 radical (unpaired) electrons. The molecule has 31 heavy (non-hydrogen) atoms. The summed E-state index contributed by atoms with van der Waals surface area (Å²) in [7, 11) is 0. The maximum absolute atomic E-state index is 15.0. The molecule has 2 N–H and O–H groups in total. The van der Waals surface area contributed by atoms with Crippen LogP contribution in [0.2, 0.25) is 0 Å². The van der Waals surface area contributed by atoms with Crippen LogP contribution < -0.4 is 15.4 Å². The van der Waals surface area contributed by atoms with Crippen molar-refractivity contribution in [2.75, 3.05) is 26.2 Å². The van der Waals surface area contributed by atoms with Crippen molar-refractivity contribution in [1.82, 2.24) is 10.6 Å². The molecule has 6 heteroatoms. The molecule has 2 aliphatic heterocycles. The molecule has 2 aromatic carbocycles. The number of hydrogen-bond donors (Lipinski definition) is 2. The highest BCUT2D eigenvalue weighted by molar-refractivity contribution is 5.77. The monoisotopic (exact) mass is 423 g/mol. The van der Waals surface area contributed by atoms with Gasteiger partial charge in [0.15, 0.2) is 0 Å². The number of nitrogens with zero attached hydrogens (tertiary/aromatic N) is 1. The molecule has 4 rings (SSSR count). The Bertz CT molecular complexity index is 991. The molecule has 0 aliphatic carbocycles. The van der Waals surface area contributed by atoms with Gasteiger partial charge >= 0.3 is 0 Å². The van der Waals surface area contributed by atoms with E-state index < -0.39 is 5.60 Å².